The Labute approximate surface area is 116 Å². The summed E-state index contributed by atoms with van der Waals surface area (Å²) in [4.78, 5) is 0. The van der Waals surface area contributed by atoms with Gasteiger partial charge in [0.05, 0.1) is 12.7 Å². The summed E-state index contributed by atoms with van der Waals surface area (Å²) in [5, 5.41) is 3.30. The average Bonchev–Trinajstić information content (AvgIpc) is 2.75. The van der Waals surface area contributed by atoms with Crippen LogP contribution in [0, 0.1) is 11.7 Å². The third-order valence-corrected chi connectivity index (χ3v) is 4.12. The molecule has 1 fully saturated rings. The summed E-state index contributed by atoms with van der Waals surface area (Å²) in [5.41, 5.74) is 0.761. The Bertz CT molecular complexity index is 413. The van der Waals surface area contributed by atoms with Gasteiger partial charge in [0, 0.05) is 16.4 Å². The van der Waals surface area contributed by atoms with Gasteiger partial charge in [-0.3, -0.25) is 0 Å². The molecule has 0 aliphatic carbocycles. The van der Waals surface area contributed by atoms with Crippen molar-refractivity contribution in [3.63, 3.8) is 0 Å². The zero-order valence-corrected chi connectivity index (χ0v) is 12.3. The number of halogens is 2. The van der Waals surface area contributed by atoms with Gasteiger partial charge in [-0.15, -0.1) is 0 Å². The predicted molar refractivity (Wildman–Crippen MR) is 74.2 cm³/mol. The van der Waals surface area contributed by atoms with Crippen molar-refractivity contribution in [1.29, 1.82) is 0 Å². The molecule has 0 radical (unpaired) electrons. The highest BCUT2D eigenvalue weighted by Crippen LogP contribution is 2.25. The van der Waals surface area contributed by atoms with E-state index < -0.39 is 0 Å². The van der Waals surface area contributed by atoms with E-state index in [9.17, 15) is 4.39 Å². The lowest BCUT2D eigenvalue weighted by atomic mass is 9.91. The molecule has 1 saturated heterocycles. The van der Waals surface area contributed by atoms with Crippen LogP contribution in [0.5, 0.6) is 0 Å². The van der Waals surface area contributed by atoms with E-state index in [1.165, 1.54) is 6.07 Å². The molecule has 18 heavy (non-hydrogen) atoms. The van der Waals surface area contributed by atoms with Crippen LogP contribution in [0.3, 0.4) is 0 Å². The molecule has 1 heterocycles. The summed E-state index contributed by atoms with van der Waals surface area (Å²) in [6.45, 7) is 2.86. The van der Waals surface area contributed by atoms with Gasteiger partial charge in [-0.1, -0.05) is 22.0 Å². The van der Waals surface area contributed by atoms with E-state index in [0.717, 1.165) is 23.1 Å². The lowest BCUT2D eigenvalue weighted by Crippen LogP contribution is -2.36. The molecule has 0 amide bonds. The standard InChI is InChI=1S/C14H19BrFNO/c1-9-5-11(8-18-9)14(17-2)6-10-3-4-12(15)7-13(10)16/h3-4,7,9,11,14,17H,5-6,8H2,1-2H3. The SMILES string of the molecule is CNC(Cc1ccc(Br)cc1F)C1COC(C)C1. The zero-order valence-electron chi connectivity index (χ0n) is 10.7. The third kappa shape index (κ3) is 3.31. The minimum absolute atomic E-state index is 0.142. The smallest absolute Gasteiger partial charge is 0.127 e. The Balaban J connectivity index is 2.05. The fourth-order valence-corrected chi connectivity index (χ4v) is 2.89. The van der Waals surface area contributed by atoms with E-state index in [0.29, 0.717) is 18.4 Å². The van der Waals surface area contributed by atoms with Crippen molar-refractivity contribution in [3.8, 4) is 0 Å². The van der Waals surface area contributed by atoms with Gasteiger partial charge >= 0.3 is 0 Å². The van der Waals surface area contributed by atoms with Crippen LogP contribution in [0.25, 0.3) is 0 Å². The van der Waals surface area contributed by atoms with E-state index in [2.05, 4.69) is 28.2 Å². The molecule has 0 aromatic heterocycles. The second-order valence-electron chi connectivity index (χ2n) is 4.97. The van der Waals surface area contributed by atoms with Gasteiger partial charge in [-0.05, 0) is 44.5 Å². The fourth-order valence-electron chi connectivity index (χ4n) is 2.56. The first-order valence-electron chi connectivity index (χ1n) is 6.33. The van der Waals surface area contributed by atoms with E-state index in [1.54, 1.807) is 0 Å². The molecule has 100 valence electrons. The van der Waals surface area contributed by atoms with Gasteiger partial charge in [-0.2, -0.15) is 0 Å². The molecule has 1 aliphatic heterocycles. The van der Waals surface area contributed by atoms with Crippen LogP contribution in [-0.4, -0.2) is 25.8 Å². The van der Waals surface area contributed by atoms with Gasteiger partial charge in [-0.25, -0.2) is 4.39 Å². The van der Waals surface area contributed by atoms with Crippen LogP contribution in [0.15, 0.2) is 22.7 Å². The Morgan fingerprint density at radius 1 is 1.56 bits per heavy atom. The number of rotatable bonds is 4. The molecule has 0 saturated carbocycles. The highest BCUT2D eigenvalue weighted by atomic mass is 79.9. The third-order valence-electron chi connectivity index (χ3n) is 3.62. The van der Waals surface area contributed by atoms with Crippen molar-refractivity contribution < 1.29 is 9.13 Å². The number of hydrogen-bond acceptors (Lipinski definition) is 2. The molecule has 1 N–H and O–H groups in total. The summed E-state index contributed by atoms with van der Waals surface area (Å²) in [7, 11) is 1.93. The van der Waals surface area contributed by atoms with Gasteiger partial charge in [0.15, 0.2) is 0 Å². The predicted octanol–water partition coefficient (Wildman–Crippen LogP) is 3.14. The van der Waals surface area contributed by atoms with Gasteiger partial charge < -0.3 is 10.1 Å². The summed E-state index contributed by atoms with van der Waals surface area (Å²) >= 11 is 3.28. The van der Waals surface area contributed by atoms with Crippen LogP contribution in [-0.2, 0) is 11.2 Å². The lowest BCUT2D eigenvalue weighted by molar-refractivity contribution is 0.117. The molecule has 1 aliphatic rings. The first-order chi connectivity index (χ1) is 8.60. The van der Waals surface area contributed by atoms with Gasteiger partial charge in [0.2, 0.25) is 0 Å². The molecule has 0 spiro atoms. The van der Waals surface area contributed by atoms with E-state index in [-0.39, 0.29) is 11.9 Å². The molecule has 1 aromatic rings. The molecule has 1 aromatic carbocycles. The Morgan fingerprint density at radius 3 is 2.89 bits per heavy atom. The van der Waals surface area contributed by atoms with Crippen molar-refractivity contribution in [2.45, 2.75) is 31.9 Å². The molecule has 2 rings (SSSR count). The molecule has 2 nitrogen and oxygen atoms in total. The minimum atomic E-state index is -0.142. The summed E-state index contributed by atoms with van der Waals surface area (Å²) < 4.78 is 20.2. The molecule has 4 heteroatoms. The van der Waals surface area contributed by atoms with Crippen LogP contribution in [0.2, 0.25) is 0 Å². The quantitative estimate of drug-likeness (QED) is 0.921. The lowest BCUT2D eigenvalue weighted by Gasteiger charge is -2.22. The van der Waals surface area contributed by atoms with Crippen LogP contribution < -0.4 is 5.32 Å². The molecular formula is C14H19BrFNO. The summed E-state index contributed by atoms with van der Waals surface area (Å²) in [6.07, 6.45) is 2.07. The topological polar surface area (TPSA) is 21.3 Å². The van der Waals surface area contributed by atoms with Crippen LogP contribution >= 0.6 is 15.9 Å². The first kappa shape index (κ1) is 14.0. The Morgan fingerprint density at radius 2 is 2.33 bits per heavy atom. The highest BCUT2D eigenvalue weighted by Gasteiger charge is 2.29. The molecular weight excluding hydrogens is 297 g/mol. The number of hydrogen-bond donors (Lipinski definition) is 1. The van der Waals surface area contributed by atoms with Crippen LogP contribution in [0.1, 0.15) is 18.9 Å². The summed E-state index contributed by atoms with van der Waals surface area (Å²) in [5.74, 6) is 0.324. The fraction of sp³-hybridized carbons (Fsp3) is 0.571. The maximum Gasteiger partial charge on any atom is 0.127 e. The second-order valence-corrected chi connectivity index (χ2v) is 5.89. The maximum atomic E-state index is 13.8. The largest absolute Gasteiger partial charge is 0.378 e. The van der Waals surface area contributed by atoms with Crippen molar-refractivity contribution in [3.05, 3.63) is 34.1 Å². The normalized spacial score (nSPS) is 25.3. The van der Waals surface area contributed by atoms with E-state index in [1.807, 2.05) is 19.2 Å². The molecule has 3 unspecified atom stereocenters. The number of ether oxygens (including phenoxy) is 1. The maximum absolute atomic E-state index is 13.8. The Kier molecular flexibility index (Phi) is 4.76. The van der Waals surface area contributed by atoms with Crippen molar-refractivity contribution in [1.82, 2.24) is 5.32 Å². The Hall–Kier alpha value is -0.450. The van der Waals surface area contributed by atoms with Crippen LogP contribution in [0.4, 0.5) is 4.39 Å². The van der Waals surface area contributed by atoms with Gasteiger partial charge in [0.1, 0.15) is 5.82 Å². The zero-order chi connectivity index (χ0) is 13.1. The first-order valence-corrected chi connectivity index (χ1v) is 7.12. The summed E-state index contributed by atoms with van der Waals surface area (Å²) in [6, 6.07) is 5.53. The molecule has 3 atom stereocenters. The monoisotopic (exact) mass is 315 g/mol. The second kappa shape index (κ2) is 6.13. The van der Waals surface area contributed by atoms with Crippen molar-refractivity contribution in [2.24, 2.45) is 5.92 Å². The average molecular weight is 316 g/mol. The minimum Gasteiger partial charge on any atom is -0.378 e. The van der Waals surface area contributed by atoms with Gasteiger partial charge in [0.25, 0.3) is 0 Å². The van der Waals surface area contributed by atoms with E-state index >= 15 is 0 Å². The highest BCUT2D eigenvalue weighted by molar-refractivity contribution is 9.10. The van der Waals surface area contributed by atoms with Crippen molar-refractivity contribution in [2.75, 3.05) is 13.7 Å². The molecule has 0 bridgehead atoms. The number of nitrogens with one attached hydrogen (secondary N) is 1. The van der Waals surface area contributed by atoms with E-state index in [4.69, 9.17) is 4.74 Å². The number of benzene rings is 1. The number of likely N-dealkylation sites (N-methyl/N-ethyl adjacent to an activating group) is 1. The van der Waals surface area contributed by atoms with Crippen molar-refractivity contribution >= 4 is 15.9 Å².